The molecule has 1 atom stereocenters. The minimum atomic E-state index is -0.202. The lowest BCUT2D eigenvalue weighted by molar-refractivity contribution is -0.127. The van der Waals surface area contributed by atoms with E-state index in [0.29, 0.717) is 19.1 Å². The van der Waals surface area contributed by atoms with Gasteiger partial charge in [-0.05, 0) is 50.2 Å². The minimum absolute atomic E-state index is 0.202. The quantitative estimate of drug-likeness (QED) is 0.352. The van der Waals surface area contributed by atoms with Crippen molar-refractivity contribution in [3.05, 3.63) is 35.7 Å². The first kappa shape index (κ1) is 25.9. The molecule has 1 saturated heterocycles. The van der Waals surface area contributed by atoms with Gasteiger partial charge in [0.15, 0.2) is 6.29 Å². The normalized spacial score (nSPS) is 22.5. The lowest BCUT2D eigenvalue weighted by Crippen LogP contribution is -2.44. The average molecular weight is 511 g/mol. The van der Waals surface area contributed by atoms with Crippen LogP contribution >= 0.6 is 0 Å². The Morgan fingerprint density at radius 3 is 2.76 bits per heavy atom. The highest BCUT2D eigenvalue weighted by molar-refractivity contribution is 5.82. The van der Waals surface area contributed by atoms with Crippen molar-refractivity contribution in [2.45, 2.75) is 44.8 Å². The zero-order valence-corrected chi connectivity index (χ0v) is 22.1. The molecule has 9 heteroatoms. The van der Waals surface area contributed by atoms with Gasteiger partial charge in [-0.3, -0.25) is 9.69 Å². The van der Waals surface area contributed by atoms with Crippen LogP contribution in [0.4, 0.5) is 5.69 Å². The number of nitrogens with one attached hydrogen (secondary N) is 3. The van der Waals surface area contributed by atoms with Gasteiger partial charge in [-0.15, -0.1) is 0 Å². The molecule has 0 spiro atoms. The van der Waals surface area contributed by atoms with Crippen LogP contribution in [0.3, 0.4) is 0 Å². The van der Waals surface area contributed by atoms with E-state index in [1.807, 2.05) is 24.4 Å². The van der Waals surface area contributed by atoms with Crippen molar-refractivity contribution in [1.82, 2.24) is 20.4 Å². The molecule has 9 nitrogen and oxygen atoms in total. The van der Waals surface area contributed by atoms with E-state index in [1.165, 1.54) is 24.8 Å². The van der Waals surface area contributed by atoms with Crippen molar-refractivity contribution in [3.8, 4) is 5.75 Å². The Labute approximate surface area is 220 Å². The van der Waals surface area contributed by atoms with Gasteiger partial charge in [0.2, 0.25) is 5.91 Å². The van der Waals surface area contributed by atoms with Gasteiger partial charge >= 0.3 is 0 Å². The van der Waals surface area contributed by atoms with E-state index < -0.39 is 0 Å². The number of allylic oxidation sites excluding steroid dienone is 1. The van der Waals surface area contributed by atoms with Crippen LogP contribution in [0.5, 0.6) is 5.75 Å². The van der Waals surface area contributed by atoms with E-state index in [9.17, 15) is 4.79 Å². The van der Waals surface area contributed by atoms with Gasteiger partial charge in [0, 0.05) is 69.2 Å². The number of carbonyl (C=O) groups excluding carboxylic acids is 1. The molecule has 2 aliphatic heterocycles. The van der Waals surface area contributed by atoms with Crippen LogP contribution in [-0.2, 0) is 9.53 Å². The summed E-state index contributed by atoms with van der Waals surface area (Å²) in [5.74, 6) is 3.06. The third-order valence-electron chi connectivity index (χ3n) is 7.70. The SMILES string of the molecule is CN1C(NCCCNC(=O)C2CCC2)=C(C2CC2)C=NC1Nc1cccc(OCCN2CCOCC2)c1. The van der Waals surface area contributed by atoms with Crippen molar-refractivity contribution in [3.63, 3.8) is 0 Å². The maximum atomic E-state index is 12.1. The van der Waals surface area contributed by atoms with Gasteiger partial charge in [-0.1, -0.05) is 12.5 Å². The Bertz CT molecular complexity index is 968. The molecule has 1 unspecified atom stereocenters. The number of nitrogens with zero attached hydrogens (tertiary/aromatic N) is 3. The average Bonchev–Trinajstić information content (AvgIpc) is 3.71. The molecule has 3 N–H and O–H groups in total. The molecule has 5 rings (SSSR count). The summed E-state index contributed by atoms with van der Waals surface area (Å²) in [6.07, 6.45) is 8.46. The van der Waals surface area contributed by atoms with E-state index in [1.54, 1.807) is 0 Å². The molecular formula is C28H42N6O3. The van der Waals surface area contributed by atoms with Crippen LogP contribution < -0.4 is 20.7 Å². The zero-order valence-electron chi connectivity index (χ0n) is 22.1. The highest BCUT2D eigenvalue weighted by Crippen LogP contribution is 2.38. The summed E-state index contributed by atoms with van der Waals surface area (Å²) < 4.78 is 11.5. The van der Waals surface area contributed by atoms with Gasteiger partial charge in [-0.25, -0.2) is 4.99 Å². The van der Waals surface area contributed by atoms with Gasteiger partial charge in [0.25, 0.3) is 0 Å². The molecule has 2 heterocycles. The smallest absolute Gasteiger partial charge is 0.223 e. The molecule has 37 heavy (non-hydrogen) atoms. The molecule has 202 valence electrons. The molecule has 0 aromatic heterocycles. The van der Waals surface area contributed by atoms with Crippen molar-refractivity contribution in [2.75, 3.05) is 64.9 Å². The fourth-order valence-electron chi connectivity index (χ4n) is 4.96. The number of aliphatic imine (C=N–C) groups is 1. The van der Waals surface area contributed by atoms with Crippen LogP contribution in [0.15, 0.2) is 40.7 Å². The van der Waals surface area contributed by atoms with Crippen LogP contribution in [0.25, 0.3) is 0 Å². The first-order valence-corrected chi connectivity index (χ1v) is 14.0. The maximum Gasteiger partial charge on any atom is 0.223 e. The largest absolute Gasteiger partial charge is 0.492 e. The Hall–Kier alpha value is -2.78. The van der Waals surface area contributed by atoms with E-state index in [4.69, 9.17) is 14.5 Å². The second-order valence-corrected chi connectivity index (χ2v) is 10.5. The van der Waals surface area contributed by atoms with Gasteiger partial charge in [0.05, 0.1) is 13.2 Å². The van der Waals surface area contributed by atoms with E-state index in [0.717, 1.165) is 75.9 Å². The fraction of sp³-hybridized carbons (Fsp3) is 0.643. The summed E-state index contributed by atoms with van der Waals surface area (Å²) in [4.78, 5) is 21.5. The number of hydrogen-bond donors (Lipinski definition) is 3. The van der Waals surface area contributed by atoms with Gasteiger partial charge < -0.3 is 30.3 Å². The number of anilines is 1. The molecular weight excluding hydrogens is 468 g/mol. The Balaban J connectivity index is 1.10. The number of morpholine rings is 1. The Morgan fingerprint density at radius 2 is 2.00 bits per heavy atom. The Morgan fingerprint density at radius 1 is 1.16 bits per heavy atom. The number of amides is 1. The summed E-state index contributed by atoms with van der Waals surface area (Å²) in [6.45, 7) is 6.65. The third kappa shape index (κ3) is 7.17. The molecule has 3 fully saturated rings. The minimum Gasteiger partial charge on any atom is -0.492 e. The number of carbonyl (C=O) groups is 1. The first-order chi connectivity index (χ1) is 18.2. The van der Waals surface area contributed by atoms with Gasteiger partial charge in [0.1, 0.15) is 18.2 Å². The van der Waals surface area contributed by atoms with Crippen molar-refractivity contribution >= 4 is 17.8 Å². The van der Waals surface area contributed by atoms with Gasteiger partial charge in [-0.2, -0.15) is 0 Å². The van der Waals surface area contributed by atoms with E-state index in [-0.39, 0.29) is 18.1 Å². The topological polar surface area (TPSA) is 90.5 Å². The molecule has 4 aliphatic rings. The molecule has 2 saturated carbocycles. The van der Waals surface area contributed by atoms with Crippen molar-refractivity contribution in [2.24, 2.45) is 16.8 Å². The van der Waals surface area contributed by atoms with Crippen LogP contribution in [0.2, 0.25) is 0 Å². The molecule has 1 aromatic carbocycles. The molecule has 1 aromatic rings. The van der Waals surface area contributed by atoms with E-state index >= 15 is 0 Å². The Kier molecular flexibility index (Phi) is 8.84. The molecule has 0 bridgehead atoms. The predicted octanol–water partition coefficient (Wildman–Crippen LogP) is 2.63. The molecule has 1 amide bonds. The second kappa shape index (κ2) is 12.6. The van der Waals surface area contributed by atoms with E-state index in [2.05, 4.69) is 38.9 Å². The third-order valence-corrected chi connectivity index (χ3v) is 7.70. The van der Waals surface area contributed by atoms with Crippen molar-refractivity contribution < 1.29 is 14.3 Å². The predicted molar refractivity (Wildman–Crippen MR) is 146 cm³/mol. The first-order valence-electron chi connectivity index (χ1n) is 14.0. The number of hydrogen-bond acceptors (Lipinski definition) is 8. The van der Waals surface area contributed by atoms with Crippen molar-refractivity contribution in [1.29, 1.82) is 0 Å². The summed E-state index contributed by atoms with van der Waals surface area (Å²) >= 11 is 0. The second-order valence-electron chi connectivity index (χ2n) is 10.5. The standard InChI is InChI=1S/C28H42N6O3/c1-33-26(29-11-4-12-30-27(35)22-5-2-6-22)25(21-9-10-21)20-31-28(33)32-23-7-3-8-24(19-23)37-18-15-34-13-16-36-17-14-34/h3,7-8,19-22,28-29,32H,2,4-6,9-18H2,1H3,(H,30,35). The summed E-state index contributed by atoms with van der Waals surface area (Å²) in [5, 5.41) is 10.3. The summed E-state index contributed by atoms with van der Waals surface area (Å²) in [6, 6.07) is 8.11. The van der Waals surface area contributed by atoms with Crippen LogP contribution in [0.1, 0.15) is 38.5 Å². The number of benzene rings is 1. The molecule has 2 aliphatic carbocycles. The summed E-state index contributed by atoms with van der Waals surface area (Å²) in [7, 11) is 2.08. The highest BCUT2D eigenvalue weighted by Gasteiger charge is 2.33. The van der Waals surface area contributed by atoms with Crippen LogP contribution in [0, 0.1) is 11.8 Å². The van der Waals surface area contributed by atoms with Crippen LogP contribution in [-0.4, -0.2) is 87.8 Å². The maximum absolute atomic E-state index is 12.1. The molecule has 0 radical (unpaired) electrons. The highest BCUT2D eigenvalue weighted by atomic mass is 16.5. The lowest BCUT2D eigenvalue weighted by atomic mass is 9.85. The summed E-state index contributed by atoms with van der Waals surface area (Å²) in [5.41, 5.74) is 2.27. The fourth-order valence-corrected chi connectivity index (χ4v) is 4.96. The lowest BCUT2D eigenvalue weighted by Gasteiger charge is -2.35. The number of rotatable bonds is 13. The zero-order chi connectivity index (χ0) is 25.5. The number of ether oxygens (including phenoxy) is 2. The monoisotopic (exact) mass is 510 g/mol.